The van der Waals surface area contributed by atoms with Crippen molar-refractivity contribution < 1.29 is 14.6 Å². The number of amides is 1. The van der Waals surface area contributed by atoms with E-state index < -0.39 is 11.5 Å². The molecule has 1 aromatic heterocycles. The molecule has 0 bridgehead atoms. The molecular weight excluding hydrogens is 346 g/mol. The molecule has 150 valence electrons. The highest BCUT2D eigenvalue weighted by molar-refractivity contribution is 5.97. The number of ether oxygens (including phenoxy) is 1. The van der Waals surface area contributed by atoms with Crippen LogP contribution in [0.3, 0.4) is 0 Å². The molecule has 2 aliphatic carbocycles. The second-order valence-electron chi connectivity index (χ2n) is 8.11. The first-order chi connectivity index (χ1) is 12.9. The number of primary amides is 1. The largest absolute Gasteiger partial charge is 0.390 e. The van der Waals surface area contributed by atoms with Crippen LogP contribution in [-0.2, 0) is 4.74 Å². The number of carbonyl (C=O) groups is 1. The summed E-state index contributed by atoms with van der Waals surface area (Å²) in [7, 11) is 1.75. The SMILES string of the molecule is COC1CCC(Nc2ncc(C(N)=O)c(NC3CCCC(C)(O)C3)n2)CC1. The third kappa shape index (κ3) is 5.29. The topological polar surface area (TPSA) is 122 Å². The third-order valence-corrected chi connectivity index (χ3v) is 5.69. The van der Waals surface area contributed by atoms with Crippen molar-refractivity contribution in [2.45, 2.75) is 82.1 Å². The Morgan fingerprint density at radius 1 is 1.26 bits per heavy atom. The van der Waals surface area contributed by atoms with Crippen molar-refractivity contribution in [2.24, 2.45) is 5.73 Å². The van der Waals surface area contributed by atoms with Gasteiger partial charge in [0.05, 0.1) is 17.3 Å². The molecule has 1 aromatic rings. The monoisotopic (exact) mass is 377 g/mol. The lowest BCUT2D eigenvalue weighted by molar-refractivity contribution is 0.0182. The minimum absolute atomic E-state index is 0.0479. The van der Waals surface area contributed by atoms with E-state index in [1.54, 1.807) is 7.11 Å². The van der Waals surface area contributed by atoms with Crippen LogP contribution in [0.5, 0.6) is 0 Å². The summed E-state index contributed by atoms with van der Waals surface area (Å²) in [6, 6.07) is 0.339. The van der Waals surface area contributed by atoms with Crippen LogP contribution in [0.4, 0.5) is 11.8 Å². The first kappa shape index (κ1) is 19.8. The van der Waals surface area contributed by atoms with E-state index in [9.17, 15) is 9.90 Å². The van der Waals surface area contributed by atoms with Crippen LogP contribution in [-0.4, -0.2) is 51.9 Å². The Morgan fingerprint density at radius 3 is 2.63 bits per heavy atom. The number of aromatic nitrogens is 2. The van der Waals surface area contributed by atoms with Gasteiger partial charge in [-0.15, -0.1) is 0 Å². The number of hydrogen-bond donors (Lipinski definition) is 4. The zero-order valence-electron chi connectivity index (χ0n) is 16.2. The van der Waals surface area contributed by atoms with Gasteiger partial charge >= 0.3 is 0 Å². The highest BCUT2D eigenvalue weighted by Crippen LogP contribution is 2.30. The van der Waals surface area contributed by atoms with Gasteiger partial charge in [-0.2, -0.15) is 4.98 Å². The fourth-order valence-electron chi connectivity index (χ4n) is 4.15. The predicted molar refractivity (Wildman–Crippen MR) is 104 cm³/mol. The predicted octanol–water partition coefficient (Wildman–Crippen LogP) is 2.05. The first-order valence-electron chi connectivity index (χ1n) is 9.81. The minimum Gasteiger partial charge on any atom is -0.390 e. The summed E-state index contributed by atoms with van der Waals surface area (Å²) < 4.78 is 5.41. The van der Waals surface area contributed by atoms with E-state index in [0.29, 0.717) is 30.3 Å². The molecule has 27 heavy (non-hydrogen) atoms. The third-order valence-electron chi connectivity index (χ3n) is 5.69. The normalized spacial score (nSPS) is 31.3. The van der Waals surface area contributed by atoms with E-state index in [1.165, 1.54) is 6.20 Å². The molecule has 8 heteroatoms. The van der Waals surface area contributed by atoms with E-state index in [1.807, 2.05) is 6.92 Å². The van der Waals surface area contributed by atoms with Gasteiger partial charge in [-0.05, 0) is 58.3 Å². The Bertz CT molecular complexity index is 659. The quantitative estimate of drug-likeness (QED) is 0.598. The number of nitrogens with two attached hydrogens (primary N) is 1. The maximum absolute atomic E-state index is 11.8. The highest BCUT2D eigenvalue weighted by atomic mass is 16.5. The Kier molecular flexibility index (Phi) is 6.16. The first-order valence-corrected chi connectivity index (χ1v) is 9.81. The standard InChI is InChI=1S/C19H31N5O3/c1-19(26)9-3-4-13(10-19)22-17-15(16(20)25)11-21-18(24-17)23-12-5-7-14(27-2)8-6-12/h11-14,26H,3-10H2,1-2H3,(H2,20,25)(H2,21,22,23,24). The summed E-state index contributed by atoms with van der Waals surface area (Å²) in [5, 5.41) is 17.0. The lowest BCUT2D eigenvalue weighted by atomic mass is 9.83. The maximum Gasteiger partial charge on any atom is 0.254 e. The zero-order valence-corrected chi connectivity index (χ0v) is 16.2. The van der Waals surface area contributed by atoms with Crippen molar-refractivity contribution in [3.8, 4) is 0 Å². The summed E-state index contributed by atoms with van der Waals surface area (Å²) in [5.41, 5.74) is 5.07. The van der Waals surface area contributed by atoms with E-state index >= 15 is 0 Å². The molecule has 2 aliphatic rings. The minimum atomic E-state index is -0.698. The molecule has 5 N–H and O–H groups in total. The lowest BCUT2D eigenvalue weighted by Crippen LogP contribution is -2.38. The van der Waals surface area contributed by atoms with Gasteiger partial charge < -0.3 is 26.2 Å². The van der Waals surface area contributed by atoms with E-state index in [-0.39, 0.29) is 11.6 Å². The van der Waals surface area contributed by atoms with Crippen LogP contribution in [0.25, 0.3) is 0 Å². The second kappa shape index (κ2) is 8.39. The second-order valence-corrected chi connectivity index (χ2v) is 8.11. The summed E-state index contributed by atoms with van der Waals surface area (Å²) in [6.07, 6.45) is 9.05. The number of nitrogens with zero attached hydrogens (tertiary/aromatic N) is 2. The van der Waals surface area contributed by atoms with Crippen LogP contribution in [0.2, 0.25) is 0 Å². The molecule has 0 spiro atoms. The van der Waals surface area contributed by atoms with Crippen LogP contribution >= 0.6 is 0 Å². The molecule has 0 saturated heterocycles. The van der Waals surface area contributed by atoms with Crippen LogP contribution in [0.15, 0.2) is 6.20 Å². The number of methoxy groups -OCH3 is 1. The number of carbonyl (C=O) groups excluding carboxylic acids is 1. The van der Waals surface area contributed by atoms with Crippen molar-refractivity contribution in [3.63, 3.8) is 0 Å². The number of hydrogen-bond acceptors (Lipinski definition) is 7. The van der Waals surface area contributed by atoms with Crippen LogP contribution in [0, 0.1) is 0 Å². The molecule has 2 unspecified atom stereocenters. The van der Waals surface area contributed by atoms with Crippen molar-refractivity contribution >= 4 is 17.7 Å². The molecule has 1 amide bonds. The molecule has 8 nitrogen and oxygen atoms in total. The molecule has 3 rings (SSSR count). The van der Waals surface area contributed by atoms with Gasteiger partial charge in [0.2, 0.25) is 5.95 Å². The van der Waals surface area contributed by atoms with E-state index in [4.69, 9.17) is 10.5 Å². The van der Waals surface area contributed by atoms with Gasteiger partial charge in [0, 0.05) is 25.4 Å². The Balaban J connectivity index is 1.70. The highest BCUT2D eigenvalue weighted by Gasteiger charge is 2.31. The molecule has 2 saturated carbocycles. The molecular formula is C19H31N5O3. The number of aliphatic hydroxyl groups is 1. The molecule has 2 fully saturated rings. The van der Waals surface area contributed by atoms with E-state index in [0.717, 1.165) is 44.9 Å². The van der Waals surface area contributed by atoms with Crippen molar-refractivity contribution in [3.05, 3.63) is 11.8 Å². The Morgan fingerprint density at radius 2 is 2.00 bits per heavy atom. The van der Waals surface area contributed by atoms with Gasteiger partial charge in [0.25, 0.3) is 5.91 Å². The number of rotatable bonds is 6. The fourth-order valence-corrected chi connectivity index (χ4v) is 4.15. The lowest BCUT2D eigenvalue weighted by Gasteiger charge is -2.34. The van der Waals surface area contributed by atoms with Gasteiger partial charge in [0.1, 0.15) is 5.82 Å². The van der Waals surface area contributed by atoms with Gasteiger partial charge in [0.15, 0.2) is 0 Å². The van der Waals surface area contributed by atoms with Gasteiger partial charge in [-0.3, -0.25) is 4.79 Å². The average Bonchev–Trinajstić information content (AvgIpc) is 2.61. The number of nitrogens with one attached hydrogen (secondary N) is 2. The van der Waals surface area contributed by atoms with Crippen molar-refractivity contribution in [1.82, 2.24) is 9.97 Å². The molecule has 0 aromatic carbocycles. The van der Waals surface area contributed by atoms with Gasteiger partial charge in [-0.25, -0.2) is 4.98 Å². The summed E-state index contributed by atoms with van der Waals surface area (Å²) in [4.78, 5) is 20.6. The fraction of sp³-hybridized carbons (Fsp3) is 0.737. The van der Waals surface area contributed by atoms with E-state index in [2.05, 4.69) is 20.6 Å². The van der Waals surface area contributed by atoms with Crippen molar-refractivity contribution in [2.75, 3.05) is 17.7 Å². The molecule has 0 aliphatic heterocycles. The van der Waals surface area contributed by atoms with Crippen LogP contribution < -0.4 is 16.4 Å². The van der Waals surface area contributed by atoms with Crippen molar-refractivity contribution in [1.29, 1.82) is 0 Å². The maximum atomic E-state index is 11.8. The average molecular weight is 377 g/mol. The summed E-state index contributed by atoms with van der Waals surface area (Å²) in [5.74, 6) is 0.367. The van der Waals surface area contributed by atoms with Gasteiger partial charge in [-0.1, -0.05) is 0 Å². The Labute approximate surface area is 160 Å². The molecule has 2 atom stereocenters. The molecule has 1 heterocycles. The smallest absolute Gasteiger partial charge is 0.254 e. The summed E-state index contributed by atoms with van der Waals surface area (Å²) >= 11 is 0. The number of anilines is 2. The van der Waals surface area contributed by atoms with Crippen LogP contribution in [0.1, 0.15) is 68.6 Å². The zero-order chi connectivity index (χ0) is 19.4. The molecule has 0 radical (unpaired) electrons. The Hall–Kier alpha value is -1.93. The summed E-state index contributed by atoms with van der Waals surface area (Å²) in [6.45, 7) is 1.85.